The second-order valence-electron chi connectivity index (χ2n) is 6.63. The lowest BCUT2D eigenvalue weighted by Gasteiger charge is -2.19. The molecule has 0 radical (unpaired) electrons. The smallest absolute Gasteiger partial charge is 0.330 e. The number of aliphatic carboxylic acids is 1. The van der Waals surface area contributed by atoms with E-state index in [9.17, 15) is 15.1 Å². The molecule has 0 fully saturated rings. The summed E-state index contributed by atoms with van der Waals surface area (Å²) in [5.74, 6) is -0.268. The lowest BCUT2D eigenvalue weighted by molar-refractivity contribution is -0.138. The number of ether oxygens (including phenoxy) is 1. The Kier molecular flexibility index (Phi) is 7.49. The SMILES string of the molecule is CCOc1cc(-c2cnc(C)n2O)cc(C(Nc2ccc(C(=N)N)cc2)C(=O)O)c1.Cl. The number of nitrogen functional groups attached to an aromatic ring is 1. The van der Waals surface area contributed by atoms with E-state index in [0.717, 1.165) is 4.73 Å². The average Bonchev–Trinajstić information content (AvgIpc) is 3.05. The summed E-state index contributed by atoms with van der Waals surface area (Å²) in [6.45, 7) is 3.89. The number of nitrogens with zero attached hydrogens (tertiary/aromatic N) is 2. The van der Waals surface area contributed by atoms with Gasteiger partial charge in [0.15, 0.2) is 6.04 Å². The van der Waals surface area contributed by atoms with E-state index in [2.05, 4.69) is 10.3 Å². The van der Waals surface area contributed by atoms with Gasteiger partial charge in [-0.2, -0.15) is 4.73 Å². The van der Waals surface area contributed by atoms with Gasteiger partial charge in [-0.15, -0.1) is 12.4 Å². The van der Waals surface area contributed by atoms with E-state index in [1.165, 1.54) is 6.20 Å². The van der Waals surface area contributed by atoms with Crippen LogP contribution in [-0.4, -0.2) is 38.4 Å². The number of carboxylic acids is 1. The van der Waals surface area contributed by atoms with E-state index in [4.69, 9.17) is 15.9 Å². The molecule has 3 rings (SSSR count). The zero-order chi connectivity index (χ0) is 21.8. The van der Waals surface area contributed by atoms with Crippen LogP contribution in [-0.2, 0) is 4.79 Å². The Labute approximate surface area is 185 Å². The number of imidazole rings is 1. The van der Waals surface area contributed by atoms with Crippen LogP contribution in [0.2, 0.25) is 0 Å². The Morgan fingerprint density at radius 1 is 1.29 bits per heavy atom. The van der Waals surface area contributed by atoms with E-state index >= 15 is 0 Å². The van der Waals surface area contributed by atoms with Crippen LogP contribution in [0.5, 0.6) is 5.75 Å². The number of hydrogen-bond donors (Lipinski definition) is 5. The molecule has 0 saturated heterocycles. The summed E-state index contributed by atoms with van der Waals surface area (Å²) in [5.41, 5.74) is 7.99. The highest BCUT2D eigenvalue weighted by atomic mass is 35.5. The lowest BCUT2D eigenvalue weighted by Crippen LogP contribution is -2.21. The molecule has 0 amide bonds. The summed E-state index contributed by atoms with van der Waals surface area (Å²) >= 11 is 0. The first kappa shape index (κ1) is 23.6. The van der Waals surface area contributed by atoms with Gasteiger partial charge in [0.1, 0.15) is 23.1 Å². The Bertz CT molecular complexity index is 1080. The molecule has 6 N–H and O–H groups in total. The molecule has 0 aliphatic carbocycles. The summed E-state index contributed by atoms with van der Waals surface area (Å²) < 4.78 is 6.55. The fraction of sp³-hybridized carbons (Fsp3) is 0.190. The van der Waals surface area contributed by atoms with Crippen molar-refractivity contribution in [1.29, 1.82) is 5.41 Å². The molecule has 0 saturated carbocycles. The molecule has 1 atom stereocenters. The van der Waals surface area contributed by atoms with Crippen LogP contribution in [0.15, 0.2) is 48.7 Å². The van der Waals surface area contributed by atoms with Crippen LogP contribution < -0.4 is 15.8 Å². The standard InChI is InChI=1S/C21H23N5O4.ClH/c1-3-30-17-9-14(18-11-24-12(2)26(18)29)8-15(10-17)19(21(27)28)25-16-6-4-13(5-7-16)20(22)23;/h4-11,19,25,29H,3H2,1-2H3,(H3,22,23)(H,27,28);1H. The van der Waals surface area contributed by atoms with Crippen molar-refractivity contribution in [2.75, 3.05) is 11.9 Å². The van der Waals surface area contributed by atoms with Gasteiger partial charge in [-0.25, -0.2) is 9.78 Å². The largest absolute Gasteiger partial charge is 0.494 e. The van der Waals surface area contributed by atoms with Gasteiger partial charge in [0.2, 0.25) is 0 Å². The normalized spacial score (nSPS) is 11.3. The number of halogens is 1. The zero-order valence-corrected chi connectivity index (χ0v) is 17.8. The molecule has 0 spiro atoms. The predicted molar refractivity (Wildman–Crippen MR) is 119 cm³/mol. The second kappa shape index (κ2) is 9.86. The maximum Gasteiger partial charge on any atom is 0.330 e. The predicted octanol–water partition coefficient (Wildman–Crippen LogP) is 3.44. The Hall–Kier alpha value is -3.72. The average molecular weight is 446 g/mol. The Balaban J connectivity index is 0.00000341. The first-order valence-electron chi connectivity index (χ1n) is 9.25. The molecule has 0 aliphatic heterocycles. The fourth-order valence-electron chi connectivity index (χ4n) is 3.02. The number of rotatable bonds is 8. The number of amidine groups is 1. The molecule has 31 heavy (non-hydrogen) atoms. The topological polar surface area (TPSA) is 146 Å². The lowest BCUT2D eigenvalue weighted by atomic mass is 10.0. The van der Waals surface area contributed by atoms with Gasteiger partial charge in [0, 0.05) is 16.8 Å². The number of carbonyl (C=O) groups is 1. The molecule has 0 bridgehead atoms. The molecule has 1 unspecified atom stereocenters. The van der Waals surface area contributed by atoms with Crippen LogP contribution in [0.25, 0.3) is 11.3 Å². The van der Waals surface area contributed by atoms with E-state index in [0.29, 0.717) is 46.3 Å². The number of anilines is 1. The van der Waals surface area contributed by atoms with Crippen LogP contribution >= 0.6 is 12.4 Å². The first-order valence-corrected chi connectivity index (χ1v) is 9.25. The number of aryl methyl sites for hydroxylation is 1. The molecule has 2 aromatic carbocycles. The number of nitrogens with two attached hydrogens (primary N) is 1. The van der Waals surface area contributed by atoms with Crippen LogP contribution in [0.4, 0.5) is 5.69 Å². The second-order valence-corrected chi connectivity index (χ2v) is 6.63. The molecule has 3 aromatic rings. The van der Waals surface area contributed by atoms with Crippen molar-refractivity contribution in [3.05, 3.63) is 65.6 Å². The third kappa shape index (κ3) is 5.26. The summed E-state index contributed by atoms with van der Waals surface area (Å²) in [4.78, 5) is 16.1. The highest BCUT2D eigenvalue weighted by Gasteiger charge is 2.22. The Morgan fingerprint density at radius 3 is 2.48 bits per heavy atom. The van der Waals surface area contributed by atoms with E-state index < -0.39 is 12.0 Å². The summed E-state index contributed by atoms with van der Waals surface area (Å²) in [6.07, 6.45) is 1.51. The molecule has 164 valence electrons. The monoisotopic (exact) mass is 445 g/mol. The third-order valence-electron chi connectivity index (χ3n) is 4.53. The third-order valence-corrected chi connectivity index (χ3v) is 4.53. The molecular weight excluding hydrogens is 422 g/mol. The van der Waals surface area contributed by atoms with E-state index in [-0.39, 0.29) is 18.2 Å². The van der Waals surface area contributed by atoms with E-state index in [1.807, 2.05) is 6.92 Å². The van der Waals surface area contributed by atoms with Crippen molar-refractivity contribution < 1.29 is 19.8 Å². The highest BCUT2D eigenvalue weighted by molar-refractivity contribution is 5.95. The van der Waals surface area contributed by atoms with Gasteiger partial charge >= 0.3 is 5.97 Å². The van der Waals surface area contributed by atoms with Crippen molar-refractivity contribution in [3.63, 3.8) is 0 Å². The minimum atomic E-state index is -1.08. The highest BCUT2D eigenvalue weighted by Crippen LogP contribution is 2.31. The number of carboxylic acid groups (broad SMARTS) is 1. The number of benzene rings is 2. The fourth-order valence-corrected chi connectivity index (χ4v) is 3.02. The van der Waals surface area contributed by atoms with Gasteiger partial charge < -0.3 is 26.1 Å². The van der Waals surface area contributed by atoms with Crippen molar-refractivity contribution in [1.82, 2.24) is 9.71 Å². The molecule has 1 heterocycles. The minimum absolute atomic E-state index is 0. The first-order chi connectivity index (χ1) is 14.3. The maximum atomic E-state index is 12.0. The Morgan fingerprint density at radius 2 is 1.97 bits per heavy atom. The van der Waals surface area contributed by atoms with Crippen LogP contribution in [0.1, 0.15) is 29.9 Å². The summed E-state index contributed by atoms with van der Waals surface area (Å²) in [7, 11) is 0. The van der Waals surface area contributed by atoms with Crippen molar-refractivity contribution in [2.24, 2.45) is 5.73 Å². The molecule has 9 nitrogen and oxygen atoms in total. The summed E-state index contributed by atoms with van der Waals surface area (Å²) in [5, 5.41) is 30.5. The van der Waals surface area contributed by atoms with Crippen molar-refractivity contribution >= 4 is 29.9 Å². The number of hydrogen-bond acceptors (Lipinski definition) is 6. The number of nitrogens with one attached hydrogen (secondary N) is 2. The molecular formula is C21H24ClN5O4. The number of aromatic nitrogens is 2. The van der Waals surface area contributed by atoms with Gasteiger partial charge in [-0.3, -0.25) is 5.41 Å². The van der Waals surface area contributed by atoms with Crippen molar-refractivity contribution in [2.45, 2.75) is 19.9 Å². The summed E-state index contributed by atoms with van der Waals surface area (Å²) in [6, 6.07) is 10.5. The minimum Gasteiger partial charge on any atom is -0.494 e. The van der Waals surface area contributed by atoms with Gasteiger partial charge in [-0.05, 0) is 61.9 Å². The zero-order valence-electron chi connectivity index (χ0n) is 17.0. The van der Waals surface area contributed by atoms with Crippen LogP contribution in [0, 0.1) is 12.3 Å². The van der Waals surface area contributed by atoms with Gasteiger partial charge in [0.25, 0.3) is 0 Å². The van der Waals surface area contributed by atoms with Gasteiger partial charge in [0.05, 0.1) is 12.8 Å². The van der Waals surface area contributed by atoms with E-state index in [1.54, 1.807) is 49.4 Å². The van der Waals surface area contributed by atoms with Crippen LogP contribution in [0.3, 0.4) is 0 Å². The quantitative estimate of drug-likeness (QED) is 0.203. The molecule has 1 aromatic heterocycles. The maximum absolute atomic E-state index is 12.0. The molecule has 10 heteroatoms. The van der Waals surface area contributed by atoms with Gasteiger partial charge in [-0.1, -0.05) is 0 Å². The van der Waals surface area contributed by atoms with Crippen molar-refractivity contribution in [3.8, 4) is 17.0 Å². The molecule has 0 aliphatic rings.